The van der Waals surface area contributed by atoms with Gasteiger partial charge < -0.3 is 10.4 Å². The fourth-order valence-corrected chi connectivity index (χ4v) is 1.58. The highest BCUT2D eigenvalue weighted by Gasteiger charge is 2.03. The highest BCUT2D eigenvalue weighted by molar-refractivity contribution is 9.10. The van der Waals surface area contributed by atoms with E-state index in [0.717, 1.165) is 17.3 Å². The van der Waals surface area contributed by atoms with E-state index in [9.17, 15) is 0 Å². The van der Waals surface area contributed by atoms with Crippen LogP contribution >= 0.6 is 15.9 Å². The van der Waals surface area contributed by atoms with Crippen LogP contribution in [0.3, 0.4) is 0 Å². The number of rotatable bonds is 5. The summed E-state index contributed by atoms with van der Waals surface area (Å²) in [4.78, 5) is 0. The molecule has 1 aromatic carbocycles. The number of hydrogen-bond acceptors (Lipinski definition) is 2. The van der Waals surface area contributed by atoms with E-state index >= 15 is 0 Å². The van der Waals surface area contributed by atoms with E-state index in [-0.39, 0.29) is 12.6 Å². The number of halogens is 1. The first-order chi connectivity index (χ1) is 6.76. The minimum atomic E-state index is 0.201. The van der Waals surface area contributed by atoms with Gasteiger partial charge in [0.1, 0.15) is 0 Å². The van der Waals surface area contributed by atoms with Gasteiger partial charge >= 0.3 is 0 Å². The lowest BCUT2D eigenvalue weighted by atomic mass is 10.1. The Bertz CT molecular complexity index is 256. The number of likely N-dealkylation sites (N-methyl/N-ethyl adjacent to an activating group) is 1. The maximum Gasteiger partial charge on any atom is 0.0584 e. The zero-order valence-electron chi connectivity index (χ0n) is 8.33. The van der Waals surface area contributed by atoms with Crippen LogP contribution in [0.15, 0.2) is 28.7 Å². The lowest BCUT2D eigenvalue weighted by Gasteiger charge is -2.12. The summed E-state index contributed by atoms with van der Waals surface area (Å²) in [5.74, 6) is 0. The first-order valence-electron chi connectivity index (χ1n) is 4.79. The smallest absolute Gasteiger partial charge is 0.0584 e. The van der Waals surface area contributed by atoms with Crippen LogP contribution in [0.4, 0.5) is 0 Å². The summed E-state index contributed by atoms with van der Waals surface area (Å²) in [7, 11) is 1.88. The monoisotopic (exact) mass is 257 g/mol. The Morgan fingerprint density at radius 1 is 1.36 bits per heavy atom. The van der Waals surface area contributed by atoms with Gasteiger partial charge in [-0.2, -0.15) is 0 Å². The predicted octanol–water partition coefficient (Wildman–Crippen LogP) is 1.96. The van der Waals surface area contributed by atoms with Crippen LogP contribution in [-0.2, 0) is 6.42 Å². The number of nitrogens with one attached hydrogen (secondary N) is 1. The first-order valence-corrected chi connectivity index (χ1v) is 5.58. The molecule has 2 N–H and O–H groups in total. The molecule has 0 saturated carbocycles. The number of aryl methyl sites for hydroxylation is 1. The third-order valence-corrected chi connectivity index (χ3v) is 2.85. The SMILES string of the molecule is CNC(CO)CCc1ccc(Br)cc1. The molecular weight excluding hydrogens is 242 g/mol. The first kappa shape index (κ1) is 11.7. The van der Waals surface area contributed by atoms with E-state index in [4.69, 9.17) is 5.11 Å². The molecule has 0 aliphatic carbocycles. The largest absolute Gasteiger partial charge is 0.395 e. The lowest BCUT2D eigenvalue weighted by molar-refractivity contribution is 0.242. The average molecular weight is 258 g/mol. The van der Waals surface area contributed by atoms with E-state index in [2.05, 4.69) is 33.4 Å². The molecule has 2 nitrogen and oxygen atoms in total. The zero-order valence-corrected chi connectivity index (χ0v) is 9.92. The molecule has 14 heavy (non-hydrogen) atoms. The van der Waals surface area contributed by atoms with Crippen LogP contribution < -0.4 is 5.32 Å². The van der Waals surface area contributed by atoms with E-state index in [0.29, 0.717) is 0 Å². The van der Waals surface area contributed by atoms with Gasteiger partial charge in [-0.3, -0.25) is 0 Å². The third kappa shape index (κ3) is 3.78. The van der Waals surface area contributed by atoms with Gasteiger partial charge in [0.25, 0.3) is 0 Å². The molecule has 0 spiro atoms. The summed E-state index contributed by atoms with van der Waals surface area (Å²) in [6.07, 6.45) is 1.97. The maximum absolute atomic E-state index is 8.98. The van der Waals surface area contributed by atoms with E-state index in [1.165, 1.54) is 5.56 Å². The van der Waals surface area contributed by atoms with Crippen molar-refractivity contribution in [2.75, 3.05) is 13.7 Å². The number of hydrogen-bond donors (Lipinski definition) is 2. The molecule has 0 heterocycles. The fourth-order valence-electron chi connectivity index (χ4n) is 1.32. The molecule has 0 aromatic heterocycles. The van der Waals surface area contributed by atoms with Crippen LogP contribution in [0.25, 0.3) is 0 Å². The van der Waals surface area contributed by atoms with Crippen LogP contribution in [0.1, 0.15) is 12.0 Å². The quantitative estimate of drug-likeness (QED) is 0.846. The van der Waals surface area contributed by atoms with Crippen LogP contribution in [0.5, 0.6) is 0 Å². The second-order valence-electron chi connectivity index (χ2n) is 3.33. The highest BCUT2D eigenvalue weighted by Crippen LogP contribution is 2.12. The standard InChI is InChI=1S/C11H16BrNO/c1-13-11(8-14)7-4-9-2-5-10(12)6-3-9/h2-3,5-6,11,13-14H,4,7-8H2,1H3. The van der Waals surface area contributed by atoms with Crippen molar-refractivity contribution in [1.82, 2.24) is 5.32 Å². The summed E-state index contributed by atoms with van der Waals surface area (Å²) in [6.45, 7) is 0.201. The molecule has 1 aromatic rings. The summed E-state index contributed by atoms with van der Waals surface area (Å²) in [5.41, 5.74) is 1.31. The molecule has 0 amide bonds. The van der Waals surface area contributed by atoms with Crippen LogP contribution in [0, 0.1) is 0 Å². The lowest BCUT2D eigenvalue weighted by Crippen LogP contribution is -2.29. The van der Waals surface area contributed by atoms with Crippen molar-refractivity contribution in [2.45, 2.75) is 18.9 Å². The van der Waals surface area contributed by atoms with Crippen molar-refractivity contribution < 1.29 is 5.11 Å². The van der Waals surface area contributed by atoms with Gasteiger partial charge in [-0.1, -0.05) is 28.1 Å². The summed E-state index contributed by atoms with van der Waals surface area (Å²) in [5, 5.41) is 12.1. The van der Waals surface area contributed by atoms with Crippen molar-refractivity contribution >= 4 is 15.9 Å². The van der Waals surface area contributed by atoms with Gasteiger partial charge in [0.15, 0.2) is 0 Å². The Kier molecular flexibility index (Phi) is 5.15. The fraction of sp³-hybridized carbons (Fsp3) is 0.455. The van der Waals surface area contributed by atoms with E-state index in [1.54, 1.807) is 0 Å². The minimum absolute atomic E-state index is 0.201. The minimum Gasteiger partial charge on any atom is -0.395 e. The van der Waals surface area contributed by atoms with Gasteiger partial charge in [0.2, 0.25) is 0 Å². The molecule has 3 heteroatoms. The molecule has 0 bridgehead atoms. The summed E-state index contributed by atoms with van der Waals surface area (Å²) < 4.78 is 1.11. The number of aliphatic hydroxyl groups excluding tert-OH is 1. The van der Waals surface area contributed by atoms with Crippen LogP contribution in [0.2, 0.25) is 0 Å². The Morgan fingerprint density at radius 2 is 2.00 bits per heavy atom. The average Bonchev–Trinajstić information content (AvgIpc) is 2.22. The van der Waals surface area contributed by atoms with Crippen molar-refractivity contribution in [1.29, 1.82) is 0 Å². The number of benzene rings is 1. The molecule has 1 unspecified atom stereocenters. The Hall–Kier alpha value is -0.380. The topological polar surface area (TPSA) is 32.3 Å². The molecule has 1 atom stereocenters. The Labute approximate surface area is 93.5 Å². The zero-order chi connectivity index (χ0) is 10.4. The van der Waals surface area contributed by atoms with Crippen molar-refractivity contribution in [2.24, 2.45) is 0 Å². The number of aliphatic hydroxyl groups is 1. The molecule has 0 fully saturated rings. The molecule has 0 aliphatic heterocycles. The molecule has 0 saturated heterocycles. The molecule has 0 radical (unpaired) electrons. The summed E-state index contributed by atoms with van der Waals surface area (Å²) in [6, 6.07) is 8.51. The van der Waals surface area contributed by atoms with Crippen molar-refractivity contribution in [3.63, 3.8) is 0 Å². The van der Waals surface area contributed by atoms with E-state index < -0.39 is 0 Å². The van der Waals surface area contributed by atoms with Gasteiger partial charge in [-0.25, -0.2) is 0 Å². The Balaban J connectivity index is 2.41. The van der Waals surface area contributed by atoms with Crippen molar-refractivity contribution in [3.8, 4) is 0 Å². The highest BCUT2D eigenvalue weighted by atomic mass is 79.9. The molecule has 0 aliphatic rings. The third-order valence-electron chi connectivity index (χ3n) is 2.32. The predicted molar refractivity (Wildman–Crippen MR) is 62.4 cm³/mol. The maximum atomic E-state index is 8.98. The van der Waals surface area contributed by atoms with Crippen molar-refractivity contribution in [3.05, 3.63) is 34.3 Å². The van der Waals surface area contributed by atoms with Gasteiger partial charge in [0, 0.05) is 10.5 Å². The molecule has 78 valence electrons. The van der Waals surface area contributed by atoms with Gasteiger partial charge in [-0.15, -0.1) is 0 Å². The van der Waals surface area contributed by atoms with Crippen LogP contribution in [-0.4, -0.2) is 24.8 Å². The van der Waals surface area contributed by atoms with E-state index in [1.807, 2.05) is 19.2 Å². The van der Waals surface area contributed by atoms with Gasteiger partial charge in [0.05, 0.1) is 6.61 Å². The molecular formula is C11H16BrNO. The normalized spacial score (nSPS) is 12.8. The second-order valence-corrected chi connectivity index (χ2v) is 4.25. The van der Waals surface area contributed by atoms with Gasteiger partial charge in [-0.05, 0) is 37.6 Å². The second kappa shape index (κ2) is 6.17. The summed E-state index contributed by atoms with van der Waals surface area (Å²) >= 11 is 3.40. The molecule has 1 rings (SSSR count). The Morgan fingerprint density at radius 3 is 2.50 bits per heavy atom.